The summed E-state index contributed by atoms with van der Waals surface area (Å²) in [7, 11) is 0. The van der Waals surface area contributed by atoms with Crippen LogP contribution in [0.5, 0.6) is 0 Å². The molecule has 150 valence electrons. The van der Waals surface area contributed by atoms with E-state index >= 15 is 0 Å². The first kappa shape index (κ1) is 18.7. The summed E-state index contributed by atoms with van der Waals surface area (Å²) in [4.78, 5) is 18.7. The Morgan fingerprint density at radius 3 is 1.89 bits per heavy atom. The second-order valence-electron chi connectivity index (χ2n) is 7.45. The molecule has 2 aromatic heterocycles. The van der Waals surface area contributed by atoms with Crippen LogP contribution in [0.3, 0.4) is 0 Å². The summed E-state index contributed by atoms with van der Waals surface area (Å²) in [5.41, 5.74) is 2.97. The van der Waals surface area contributed by atoms with Crippen molar-refractivity contribution >= 4 is 24.1 Å². The third-order valence-electron chi connectivity index (χ3n) is 5.29. The Morgan fingerprint density at radius 2 is 1.39 bits per heavy atom. The molecule has 0 amide bonds. The van der Waals surface area contributed by atoms with Gasteiger partial charge in [-0.3, -0.25) is 0 Å². The third kappa shape index (κ3) is 4.99. The SMILES string of the molecule is C(=N/Nc1nc(N2CCCCCC2)nc(N2CCCCCC2)n1)/c1ccco1. The molecular formula is C20H29N7O. The lowest BCUT2D eigenvalue weighted by Crippen LogP contribution is -2.30. The van der Waals surface area contributed by atoms with E-state index in [0.717, 1.165) is 38.1 Å². The van der Waals surface area contributed by atoms with Crippen LogP contribution < -0.4 is 15.2 Å². The molecule has 28 heavy (non-hydrogen) atoms. The highest BCUT2D eigenvalue weighted by Gasteiger charge is 2.19. The summed E-state index contributed by atoms with van der Waals surface area (Å²) in [6.45, 7) is 3.99. The van der Waals surface area contributed by atoms with Gasteiger partial charge in [0, 0.05) is 26.2 Å². The summed E-state index contributed by atoms with van der Waals surface area (Å²) < 4.78 is 5.28. The van der Waals surface area contributed by atoms with Gasteiger partial charge in [0.25, 0.3) is 0 Å². The van der Waals surface area contributed by atoms with Gasteiger partial charge in [-0.2, -0.15) is 20.1 Å². The Balaban J connectivity index is 1.57. The predicted molar refractivity (Wildman–Crippen MR) is 111 cm³/mol. The highest BCUT2D eigenvalue weighted by molar-refractivity contribution is 5.76. The lowest BCUT2D eigenvalue weighted by Gasteiger charge is -2.24. The summed E-state index contributed by atoms with van der Waals surface area (Å²) >= 11 is 0. The summed E-state index contributed by atoms with van der Waals surface area (Å²) in [6, 6.07) is 3.68. The molecule has 1 N–H and O–H groups in total. The van der Waals surface area contributed by atoms with Crippen molar-refractivity contribution in [2.24, 2.45) is 5.10 Å². The van der Waals surface area contributed by atoms with Crippen LogP contribution in [0.15, 0.2) is 27.9 Å². The fourth-order valence-corrected chi connectivity index (χ4v) is 3.75. The zero-order valence-corrected chi connectivity index (χ0v) is 16.4. The molecule has 2 aliphatic heterocycles. The fourth-order valence-electron chi connectivity index (χ4n) is 3.75. The van der Waals surface area contributed by atoms with Crippen molar-refractivity contribution in [1.82, 2.24) is 15.0 Å². The van der Waals surface area contributed by atoms with Crippen molar-refractivity contribution in [3.8, 4) is 0 Å². The molecule has 0 atom stereocenters. The van der Waals surface area contributed by atoms with Crippen LogP contribution in [0.1, 0.15) is 57.1 Å². The Morgan fingerprint density at radius 1 is 0.821 bits per heavy atom. The van der Waals surface area contributed by atoms with Crippen molar-refractivity contribution in [2.45, 2.75) is 51.4 Å². The van der Waals surface area contributed by atoms with Crippen LogP contribution in [0.2, 0.25) is 0 Å². The van der Waals surface area contributed by atoms with Crippen molar-refractivity contribution in [1.29, 1.82) is 0 Å². The van der Waals surface area contributed by atoms with E-state index in [0.29, 0.717) is 11.7 Å². The molecule has 8 nitrogen and oxygen atoms in total. The molecule has 0 aliphatic carbocycles. The number of aromatic nitrogens is 3. The molecular weight excluding hydrogens is 354 g/mol. The monoisotopic (exact) mass is 383 g/mol. The van der Waals surface area contributed by atoms with Gasteiger partial charge in [-0.15, -0.1) is 0 Å². The summed E-state index contributed by atoms with van der Waals surface area (Å²) in [6.07, 6.45) is 13.1. The lowest BCUT2D eigenvalue weighted by molar-refractivity contribution is 0.560. The maximum atomic E-state index is 5.28. The molecule has 2 aliphatic rings. The van der Waals surface area contributed by atoms with Crippen molar-refractivity contribution < 1.29 is 4.42 Å². The van der Waals surface area contributed by atoms with E-state index < -0.39 is 0 Å². The minimum Gasteiger partial charge on any atom is -0.463 e. The zero-order chi connectivity index (χ0) is 19.0. The normalized spacial score (nSPS) is 18.9. The lowest BCUT2D eigenvalue weighted by atomic mass is 10.2. The molecule has 0 unspecified atom stereocenters. The maximum absolute atomic E-state index is 5.28. The van der Waals surface area contributed by atoms with Crippen LogP contribution in [0.4, 0.5) is 17.8 Å². The van der Waals surface area contributed by atoms with E-state index in [1.807, 2.05) is 12.1 Å². The Kier molecular flexibility index (Phi) is 6.36. The van der Waals surface area contributed by atoms with Gasteiger partial charge in [-0.1, -0.05) is 25.7 Å². The number of nitrogens with zero attached hydrogens (tertiary/aromatic N) is 6. The van der Waals surface area contributed by atoms with Crippen LogP contribution in [0, 0.1) is 0 Å². The average molecular weight is 384 g/mol. The number of furan rings is 1. The molecule has 0 aromatic carbocycles. The predicted octanol–water partition coefficient (Wildman–Crippen LogP) is 3.67. The molecule has 0 spiro atoms. The molecule has 8 heteroatoms. The van der Waals surface area contributed by atoms with Crippen molar-refractivity contribution in [3.63, 3.8) is 0 Å². The Hall–Kier alpha value is -2.64. The molecule has 4 heterocycles. The van der Waals surface area contributed by atoms with E-state index in [9.17, 15) is 0 Å². The summed E-state index contributed by atoms with van der Waals surface area (Å²) in [5, 5.41) is 4.24. The van der Waals surface area contributed by atoms with Crippen molar-refractivity contribution in [2.75, 3.05) is 41.4 Å². The first-order valence-electron chi connectivity index (χ1n) is 10.5. The van der Waals surface area contributed by atoms with Crippen LogP contribution >= 0.6 is 0 Å². The van der Waals surface area contributed by atoms with Crippen LogP contribution in [-0.4, -0.2) is 47.3 Å². The molecule has 2 aromatic rings. The Bertz CT molecular complexity index is 708. The quantitative estimate of drug-likeness (QED) is 0.623. The highest BCUT2D eigenvalue weighted by atomic mass is 16.3. The number of rotatable bonds is 5. The minimum absolute atomic E-state index is 0.483. The molecule has 4 rings (SSSR count). The van der Waals surface area contributed by atoms with Gasteiger partial charge < -0.3 is 14.2 Å². The van der Waals surface area contributed by atoms with Gasteiger partial charge in [-0.05, 0) is 37.8 Å². The van der Waals surface area contributed by atoms with E-state index in [1.165, 1.54) is 51.4 Å². The van der Waals surface area contributed by atoms with Gasteiger partial charge in [0.05, 0.1) is 12.5 Å². The van der Waals surface area contributed by atoms with E-state index in [1.54, 1.807) is 12.5 Å². The number of hydrazone groups is 1. The molecule has 0 bridgehead atoms. The highest BCUT2D eigenvalue weighted by Crippen LogP contribution is 2.22. The first-order chi connectivity index (χ1) is 13.9. The smallest absolute Gasteiger partial charge is 0.250 e. The molecule has 0 radical (unpaired) electrons. The maximum Gasteiger partial charge on any atom is 0.250 e. The third-order valence-corrected chi connectivity index (χ3v) is 5.29. The largest absolute Gasteiger partial charge is 0.463 e. The average Bonchev–Trinajstić information content (AvgIpc) is 2.95. The van der Waals surface area contributed by atoms with Gasteiger partial charge in [0.1, 0.15) is 5.76 Å². The standard InChI is InChI=1S/C20H29N7O/c1-2-6-12-26(11-5-1)19-22-18(25-21-16-17-10-9-15-28-17)23-20(24-19)27-13-7-3-4-8-14-27/h9-10,15-16H,1-8,11-14H2,(H,22,23,24,25)/b21-16-. The summed E-state index contributed by atoms with van der Waals surface area (Å²) in [5.74, 6) is 2.68. The number of hydrogen-bond acceptors (Lipinski definition) is 8. The van der Waals surface area contributed by atoms with Gasteiger partial charge >= 0.3 is 0 Å². The van der Waals surface area contributed by atoms with Gasteiger partial charge in [0.2, 0.25) is 17.8 Å². The van der Waals surface area contributed by atoms with Crippen molar-refractivity contribution in [3.05, 3.63) is 24.2 Å². The van der Waals surface area contributed by atoms with E-state index in [2.05, 4.69) is 30.3 Å². The van der Waals surface area contributed by atoms with E-state index in [-0.39, 0.29) is 0 Å². The zero-order valence-electron chi connectivity index (χ0n) is 16.4. The second kappa shape index (κ2) is 9.52. The topological polar surface area (TPSA) is 82.7 Å². The molecule has 0 saturated carbocycles. The molecule has 2 saturated heterocycles. The van der Waals surface area contributed by atoms with Crippen LogP contribution in [-0.2, 0) is 0 Å². The van der Waals surface area contributed by atoms with Gasteiger partial charge in [-0.25, -0.2) is 5.43 Å². The number of nitrogens with one attached hydrogen (secondary N) is 1. The number of anilines is 3. The van der Waals surface area contributed by atoms with E-state index in [4.69, 9.17) is 9.40 Å². The molecule has 2 fully saturated rings. The minimum atomic E-state index is 0.483. The number of hydrogen-bond donors (Lipinski definition) is 1. The fraction of sp³-hybridized carbons (Fsp3) is 0.600. The Labute approximate surface area is 166 Å². The second-order valence-corrected chi connectivity index (χ2v) is 7.45. The van der Waals surface area contributed by atoms with Gasteiger partial charge in [0.15, 0.2) is 0 Å². The first-order valence-corrected chi connectivity index (χ1v) is 10.5. The van der Waals surface area contributed by atoms with Crippen LogP contribution in [0.25, 0.3) is 0 Å².